The lowest BCUT2D eigenvalue weighted by atomic mass is 10.0. The molecule has 0 rings (SSSR count). The Morgan fingerprint density at radius 2 is 1.50 bits per heavy atom. The van der Waals surface area contributed by atoms with Crippen molar-refractivity contribution < 1.29 is 38.5 Å². The van der Waals surface area contributed by atoms with Gasteiger partial charge < -0.3 is 19.3 Å². The van der Waals surface area contributed by atoms with Gasteiger partial charge >= 0.3 is 23.9 Å². The van der Waals surface area contributed by atoms with Gasteiger partial charge in [0.05, 0.1) is 20.3 Å². The van der Waals surface area contributed by atoms with Crippen LogP contribution in [0.5, 0.6) is 0 Å². The summed E-state index contributed by atoms with van der Waals surface area (Å²) in [5.41, 5.74) is 0.231. The Balaban J connectivity index is -0.000000431. The Labute approximate surface area is 204 Å². The lowest BCUT2D eigenvalue weighted by Crippen LogP contribution is -2.12. The van der Waals surface area contributed by atoms with Crippen molar-refractivity contribution in [3.8, 4) is 0 Å². The monoisotopic (exact) mass is 482 g/mol. The third-order valence-electron chi connectivity index (χ3n) is 4.18. The number of rotatable bonds is 15. The van der Waals surface area contributed by atoms with E-state index in [2.05, 4.69) is 43.1 Å². The van der Waals surface area contributed by atoms with Gasteiger partial charge in [-0.25, -0.2) is 19.2 Å². The average molecular weight is 483 g/mol. The minimum absolute atomic E-state index is 0.193. The Morgan fingerprint density at radius 3 is 1.94 bits per heavy atom. The molecule has 0 aromatic rings. The van der Waals surface area contributed by atoms with Crippen molar-refractivity contribution >= 4 is 23.9 Å². The first-order valence-corrected chi connectivity index (χ1v) is 11.4. The summed E-state index contributed by atoms with van der Waals surface area (Å²) in [5.74, 6) is -1.69. The molecule has 0 aliphatic carbocycles. The number of allylic oxidation sites excluding steroid dienone is 1. The zero-order chi connectivity index (χ0) is 26.8. The van der Waals surface area contributed by atoms with Crippen molar-refractivity contribution in [2.75, 3.05) is 20.3 Å². The molecule has 1 atom stereocenters. The summed E-state index contributed by atoms with van der Waals surface area (Å²) >= 11 is 0. The highest BCUT2D eigenvalue weighted by atomic mass is 16.5. The fourth-order valence-electron chi connectivity index (χ4n) is 2.06. The predicted octanol–water partition coefficient (Wildman–Crippen LogP) is 5.19. The van der Waals surface area contributed by atoms with Crippen LogP contribution in [0.2, 0.25) is 0 Å². The third kappa shape index (κ3) is 26.9. The minimum atomic E-state index is -1.05. The molecule has 1 unspecified atom stereocenters. The molecular weight excluding hydrogens is 440 g/mol. The van der Waals surface area contributed by atoms with Gasteiger partial charge in [-0.1, -0.05) is 72.3 Å². The Bertz CT molecular complexity index is 649. The zero-order valence-electron chi connectivity index (χ0n) is 21.2. The number of carbonyl (C=O) groups excluding carboxylic acids is 3. The van der Waals surface area contributed by atoms with Gasteiger partial charge in [0.25, 0.3) is 0 Å². The largest absolute Gasteiger partial charge is 0.478 e. The van der Waals surface area contributed by atoms with E-state index in [0.29, 0.717) is 19.1 Å². The molecule has 0 saturated heterocycles. The van der Waals surface area contributed by atoms with Crippen LogP contribution in [-0.2, 0) is 33.4 Å². The minimum Gasteiger partial charge on any atom is -0.478 e. The molecule has 0 fully saturated rings. The molecule has 0 aliphatic rings. The maximum absolute atomic E-state index is 10.8. The smallest absolute Gasteiger partial charge is 0.333 e. The van der Waals surface area contributed by atoms with Gasteiger partial charge in [-0.05, 0) is 25.2 Å². The van der Waals surface area contributed by atoms with Gasteiger partial charge in [0.2, 0.25) is 0 Å². The summed E-state index contributed by atoms with van der Waals surface area (Å²) in [7, 11) is 1.24. The molecule has 0 aromatic heterocycles. The molecule has 0 radical (unpaired) electrons. The maximum Gasteiger partial charge on any atom is 0.333 e. The number of hydrogen-bond acceptors (Lipinski definition) is 7. The van der Waals surface area contributed by atoms with Crippen LogP contribution < -0.4 is 0 Å². The summed E-state index contributed by atoms with van der Waals surface area (Å²) in [6.07, 6.45) is 11.5. The molecule has 1 N–H and O–H groups in total. The standard InChI is InChI=1S/C11H20O2.C8H10O4.C7H12O2/c1-4-7-8-10(5-2)9-13-11(12)6-3;1-6(8(11)12-2)4-3-5-7(9)10;1-3-5-6-9-7(8)4-2/h6,10H,3-5,7-9H2,1-2H3;3,5H,1,4H2,2H3,(H,9,10);4H,2-3,5-6H2,1H3. The molecule has 0 bridgehead atoms. The van der Waals surface area contributed by atoms with Crippen LogP contribution in [0.25, 0.3) is 0 Å². The molecule has 34 heavy (non-hydrogen) atoms. The number of hydrogen-bond donors (Lipinski definition) is 1. The lowest BCUT2D eigenvalue weighted by Gasteiger charge is -2.13. The van der Waals surface area contributed by atoms with Crippen LogP contribution in [0.1, 0.15) is 65.7 Å². The van der Waals surface area contributed by atoms with E-state index in [0.717, 1.165) is 31.8 Å². The first-order chi connectivity index (χ1) is 16.1. The summed E-state index contributed by atoms with van der Waals surface area (Å²) < 4.78 is 14.0. The van der Waals surface area contributed by atoms with E-state index in [1.54, 1.807) is 0 Å². The summed E-state index contributed by atoms with van der Waals surface area (Å²) in [6, 6.07) is 0. The van der Waals surface area contributed by atoms with Gasteiger partial charge in [-0.15, -0.1) is 0 Å². The van der Waals surface area contributed by atoms with Crippen LogP contribution in [-0.4, -0.2) is 49.3 Å². The van der Waals surface area contributed by atoms with Crippen molar-refractivity contribution in [2.24, 2.45) is 5.92 Å². The number of carboxylic acids is 1. The molecule has 0 saturated carbocycles. The van der Waals surface area contributed by atoms with E-state index in [1.807, 2.05) is 6.92 Å². The van der Waals surface area contributed by atoms with Gasteiger partial charge in [0.15, 0.2) is 0 Å². The third-order valence-corrected chi connectivity index (χ3v) is 4.18. The van der Waals surface area contributed by atoms with E-state index in [9.17, 15) is 19.2 Å². The van der Waals surface area contributed by atoms with Crippen molar-refractivity contribution in [3.05, 3.63) is 49.6 Å². The van der Waals surface area contributed by atoms with E-state index in [-0.39, 0.29) is 23.9 Å². The molecule has 8 nitrogen and oxygen atoms in total. The fourth-order valence-corrected chi connectivity index (χ4v) is 2.06. The van der Waals surface area contributed by atoms with Crippen molar-refractivity contribution in [1.82, 2.24) is 0 Å². The van der Waals surface area contributed by atoms with Crippen LogP contribution >= 0.6 is 0 Å². The number of esters is 3. The molecule has 0 aliphatic heterocycles. The number of aliphatic carboxylic acids is 1. The number of unbranched alkanes of at least 4 members (excludes halogenated alkanes) is 2. The zero-order valence-corrected chi connectivity index (χ0v) is 21.2. The summed E-state index contributed by atoms with van der Waals surface area (Å²) in [4.78, 5) is 41.8. The lowest BCUT2D eigenvalue weighted by molar-refractivity contribution is -0.139. The van der Waals surface area contributed by atoms with E-state index >= 15 is 0 Å². The topological polar surface area (TPSA) is 116 Å². The molecule has 0 heterocycles. The van der Waals surface area contributed by atoms with E-state index in [1.165, 1.54) is 38.2 Å². The second kappa shape index (κ2) is 26.1. The van der Waals surface area contributed by atoms with Crippen LogP contribution in [0, 0.1) is 5.92 Å². The summed E-state index contributed by atoms with van der Waals surface area (Å²) in [5, 5.41) is 8.19. The highest BCUT2D eigenvalue weighted by Gasteiger charge is 2.07. The van der Waals surface area contributed by atoms with Gasteiger partial charge in [-0.3, -0.25) is 0 Å². The van der Waals surface area contributed by atoms with Gasteiger partial charge in [-0.2, -0.15) is 0 Å². The second-order valence-corrected chi connectivity index (χ2v) is 7.02. The normalized spacial score (nSPS) is 10.4. The molecule has 194 valence electrons. The van der Waals surface area contributed by atoms with E-state index in [4.69, 9.17) is 9.84 Å². The molecular formula is C26H42O8. The van der Waals surface area contributed by atoms with Gasteiger partial charge in [0, 0.05) is 23.8 Å². The second-order valence-electron chi connectivity index (χ2n) is 7.02. The van der Waals surface area contributed by atoms with Crippen molar-refractivity contribution in [1.29, 1.82) is 0 Å². The molecule has 0 aromatic carbocycles. The summed E-state index contributed by atoms with van der Waals surface area (Å²) in [6.45, 7) is 17.4. The highest BCUT2D eigenvalue weighted by Crippen LogP contribution is 2.12. The number of methoxy groups -OCH3 is 1. The maximum atomic E-state index is 10.8. The first kappa shape index (κ1) is 35.4. The highest BCUT2D eigenvalue weighted by molar-refractivity contribution is 5.88. The predicted molar refractivity (Wildman–Crippen MR) is 133 cm³/mol. The Hall–Kier alpha value is -3.16. The van der Waals surface area contributed by atoms with Crippen LogP contribution in [0.4, 0.5) is 0 Å². The molecule has 8 heteroatoms. The Morgan fingerprint density at radius 1 is 0.941 bits per heavy atom. The number of carboxylic acid groups (broad SMARTS) is 1. The SMILES string of the molecule is C=C(CC=CC(=O)O)C(=O)OC.C=CC(=O)OCC(CC)CCCC.C=CC(=O)OCCCC. The van der Waals surface area contributed by atoms with Crippen molar-refractivity contribution in [3.63, 3.8) is 0 Å². The Kier molecular flexibility index (Phi) is 27.2. The van der Waals surface area contributed by atoms with Crippen LogP contribution in [0.15, 0.2) is 49.6 Å². The van der Waals surface area contributed by atoms with Crippen LogP contribution in [0.3, 0.4) is 0 Å². The average Bonchev–Trinajstić information content (AvgIpc) is 2.83. The molecule has 0 spiro atoms. The van der Waals surface area contributed by atoms with Gasteiger partial charge in [0.1, 0.15) is 0 Å². The quantitative estimate of drug-likeness (QED) is 0.147. The number of ether oxygens (including phenoxy) is 3. The van der Waals surface area contributed by atoms with Crippen molar-refractivity contribution in [2.45, 2.75) is 65.7 Å². The fraction of sp³-hybridized carbons (Fsp3) is 0.538. The first-order valence-electron chi connectivity index (χ1n) is 11.4. The number of carbonyl (C=O) groups is 4. The van der Waals surface area contributed by atoms with E-state index < -0.39 is 11.9 Å². The molecule has 0 amide bonds.